The molecule has 94 valence electrons. The molecule has 0 bridgehead atoms. The molecule has 1 aromatic carbocycles. The van der Waals surface area contributed by atoms with Gasteiger partial charge in [-0.05, 0) is 32.8 Å². The number of nitriles is 2. The van der Waals surface area contributed by atoms with E-state index in [2.05, 4.69) is 17.5 Å². The Labute approximate surface area is 109 Å². The van der Waals surface area contributed by atoms with Crippen LogP contribution in [0, 0.1) is 28.1 Å². The maximum Gasteiger partial charge on any atom is 0.0972 e. The molecule has 1 N–H and O–H groups in total. The van der Waals surface area contributed by atoms with Gasteiger partial charge in [0.05, 0.1) is 23.6 Å². The van der Waals surface area contributed by atoms with Crippen molar-refractivity contribution in [3.05, 3.63) is 35.9 Å². The molecule has 1 rings (SSSR count). The van der Waals surface area contributed by atoms with Gasteiger partial charge in [-0.15, -0.1) is 0 Å². The third-order valence-corrected chi connectivity index (χ3v) is 2.92. The van der Waals surface area contributed by atoms with Gasteiger partial charge in [-0.1, -0.05) is 30.3 Å². The van der Waals surface area contributed by atoms with Crippen LogP contribution in [0.25, 0.3) is 0 Å². The van der Waals surface area contributed by atoms with Crippen LogP contribution in [0.3, 0.4) is 0 Å². The van der Waals surface area contributed by atoms with E-state index in [1.165, 1.54) is 0 Å². The van der Waals surface area contributed by atoms with Crippen LogP contribution in [0.2, 0.25) is 0 Å². The van der Waals surface area contributed by atoms with Crippen molar-refractivity contribution in [2.75, 3.05) is 0 Å². The molecule has 0 aliphatic heterocycles. The standard InChI is InChI=1S/C15H19N3/c1-12(13-7-5-4-6-8-13)18-14(10-16)9-15(2,3)11-17/h4-8,12,14,18H,9H2,1-3H3/t12-,14?/m1/s1. The number of benzene rings is 1. The van der Waals surface area contributed by atoms with Crippen LogP contribution in [0.1, 0.15) is 38.8 Å². The fourth-order valence-electron chi connectivity index (χ4n) is 1.84. The highest BCUT2D eigenvalue weighted by atomic mass is 14.9. The number of nitrogens with zero attached hydrogens (tertiary/aromatic N) is 2. The van der Waals surface area contributed by atoms with Crippen LogP contribution in [-0.4, -0.2) is 6.04 Å². The molecule has 0 spiro atoms. The van der Waals surface area contributed by atoms with Crippen LogP contribution < -0.4 is 5.32 Å². The van der Waals surface area contributed by atoms with Crippen molar-refractivity contribution in [1.29, 1.82) is 10.5 Å². The van der Waals surface area contributed by atoms with Gasteiger partial charge in [0, 0.05) is 6.04 Å². The van der Waals surface area contributed by atoms with Crippen LogP contribution >= 0.6 is 0 Å². The average Bonchev–Trinajstić information content (AvgIpc) is 2.38. The minimum absolute atomic E-state index is 0.102. The van der Waals surface area contributed by atoms with Crippen LogP contribution in [0.15, 0.2) is 30.3 Å². The smallest absolute Gasteiger partial charge is 0.0972 e. The van der Waals surface area contributed by atoms with Gasteiger partial charge in [-0.2, -0.15) is 10.5 Å². The molecule has 3 heteroatoms. The molecule has 1 aromatic rings. The number of nitrogens with one attached hydrogen (secondary N) is 1. The van der Waals surface area contributed by atoms with Crippen molar-refractivity contribution >= 4 is 0 Å². The molecule has 0 aliphatic rings. The molecule has 3 nitrogen and oxygen atoms in total. The maximum atomic E-state index is 9.16. The largest absolute Gasteiger partial charge is 0.295 e. The average molecular weight is 241 g/mol. The fourth-order valence-corrected chi connectivity index (χ4v) is 1.84. The van der Waals surface area contributed by atoms with Crippen molar-refractivity contribution < 1.29 is 0 Å². The SMILES string of the molecule is C[C@@H](NC(C#N)CC(C)(C)C#N)c1ccccc1. The first-order valence-corrected chi connectivity index (χ1v) is 6.10. The van der Waals surface area contributed by atoms with Gasteiger partial charge >= 0.3 is 0 Å². The molecule has 0 saturated heterocycles. The zero-order chi connectivity index (χ0) is 13.6. The van der Waals surface area contributed by atoms with Gasteiger partial charge in [0.1, 0.15) is 0 Å². The fraction of sp³-hybridized carbons (Fsp3) is 0.467. The first kappa shape index (κ1) is 14.2. The van der Waals surface area contributed by atoms with Gasteiger partial charge in [0.2, 0.25) is 0 Å². The summed E-state index contributed by atoms with van der Waals surface area (Å²) in [5.74, 6) is 0. The lowest BCUT2D eigenvalue weighted by Gasteiger charge is -2.23. The molecule has 0 aliphatic carbocycles. The van der Waals surface area contributed by atoms with Crippen LogP contribution in [0.4, 0.5) is 0 Å². The Morgan fingerprint density at radius 1 is 1.22 bits per heavy atom. The lowest BCUT2D eigenvalue weighted by molar-refractivity contribution is 0.375. The van der Waals surface area contributed by atoms with Gasteiger partial charge in [-0.25, -0.2) is 0 Å². The third kappa shape index (κ3) is 4.20. The van der Waals surface area contributed by atoms with E-state index in [0.29, 0.717) is 6.42 Å². The summed E-state index contributed by atoms with van der Waals surface area (Å²) in [5, 5.41) is 21.4. The van der Waals surface area contributed by atoms with E-state index in [-0.39, 0.29) is 12.1 Å². The lowest BCUT2D eigenvalue weighted by Crippen LogP contribution is -2.34. The third-order valence-electron chi connectivity index (χ3n) is 2.92. The van der Waals surface area contributed by atoms with E-state index >= 15 is 0 Å². The van der Waals surface area contributed by atoms with Crippen molar-refractivity contribution in [3.63, 3.8) is 0 Å². The van der Waals surface area contributed by atoms with Crippen molar-refractivity contribution in [3.8, 4) is 12.1 Å². The highest BCUT2D eigenvalue weighted by Gasteiger charge is 2.24. The van der Waals surface area contributed by atoms with E-state index in [1.54, 1.807) is 0 Å². The highest BCUT2D eigenvalue weighted by molar-refractivity contribution is 5.19. The Balaban J connectivity index is 2.66. The Morgan fingerprint density at radius 2 is 1.83 bits per heavy atom. The Morgan fingerprint density at radius 3 is 2.33 bits per heavy atom. The van der Waals surface area contributed by atoms with Crippen LogP contribution in [0.5, 0.6) is 0 Å². The lowest BCUT2D eigenvalue weighted by atomic mass is 9.87. The van der Waals surface area contributed by atoms with E-state index in [9.17, 15) is 0 Å². The molecule has 0 amide bonds. The van der Waals surface area contributed by atoms with Crippen molar-refractivity contribution in [1.82, 2.24) is 5.32 Å². The number of hydrogen-bond acceptors (Lipinski definition) is 3. The summed E-state index contributed by atoms with van der Waals surface area (Å²) in [6.07, 6.45) is 0.525. The van der Waals surface area contributed by atoms with Crippen molar-refractivity contribution in [2.24, 2.45) is 5.41 Å². The molecule has 0 saturated carbocycles. The quantitative estimate of drug-likeness (QED) is 0.861. The molecule has 1 unspecified atom stereocenters. The Bertz CT molecular complexity index is 451. The monoisotopic (exact) mass is 241 g/mol. The van der Waals surface area contributed by atoms with Crippen LogP contribution in [-0.2, 0) is 0 Å². The van der Waals surface area contributed by atoms with Gasteiger partial charge in [0.25, 0.3) is 0 Å². The number of hydrogen-bond donors (Lipinski definition) is 1. The Hall–Kier alpha value is -1.84. The summed E-state index contributed by atoms with van der Waals surface area (Å²) < 4.78 is 0. The molecular weight excluding hydrogens is 222 g/mol. The molecular formula is C15H19N3. The Kier molecular flexibility index (Phi) is 4.89. The molecule has 18 heavy (non-hydrogen) atoms. The summed E-state index contributed by atoms with van der Waals surface area (Å²) in [4.78, 5) is 0. The van der Waals surface area contributed by atoms with E-state index < -0.39 is 5.41 Å². The highest BCUT2D eigenvalue weighted by Crippen LogP contribution is 2.22. The van der Waals surface area contributed by atoms with E-state index in [1.807, 2.05) is 51.1 Å². The van der Waals surface area contributed by atoms with Gasteiger partial charge in [-0.3, -0.25) is 5.32 Å². The summed E-state index contributed by atoms with van der Waals surface area (Å²) in [6.45, 7) is 5.73. The molecule has 0 radical (unpaired) electrons. The second-order valence-electron chi connectivity index (χ2n) is 5.18. The second-order valence-corrected chi connectivity index (χ2v) is 5.18. The predicted octanol–water partition coefficient (Wildman–Crippen LogP) is 3.17. The summed E-state index contributed by atoms with van der Waals surface area (Å²) in [7, 11) is 0. The minimum atomic E-state index is -0.482. The molecule has 0 aromatic heterocycles. The first-order valence-electron chi connectivity index (χ1n) is 6.10. The second kappa shape index (κ2) is 6.19. The summed E-state index contributed by atoms with van der Waals surface area (Å²) in [5.41, 5.74) is 0.664. The van der Waals surface area contributed by atoms with Crippen molar-refractivity contribution in [2.45, 2.75) is 39.3 Å². The van der Waals surface area contributed by atoms with Gasteiger partial charge < -0.3 is 0 Å². The van der Waals surface area contributed by atoms with E-state index in [4.69, 9.17) is 10.5 Å². The normalized spacial score (nSPS) is 14.3. The zero-order valence-electron chi connectivity index (χ0n) is 11.1. The minimum Gasteiger partial charge on any atom is -0.295 e. The predicted molar refractivity (Wildman–Crippen MR) is 71.4 cm³/mol. The van der Waals surface area contributed by atoms with E-state index in [0.717, 1.165) is 5.56 Å². The topological polar surface area (TPSA) is 59.6 Å². The molecule has 0 heterocycles. The molecule has 2 atom stereocenters. The zero-order valence-corrected chi connectivity index (χ0v) is 11.1. The summed E-state index contributed by atoms with van der Waals surface area (Å²) in [6, 6.07) is 14.2. The van der Waals surface area contributed by atoms with Gasteiger partial charge in [0.15, 0.2) is 0 Å². The number of rotatable bonds is 5. The first-order chi connectivity index (χ1) is 8.48. The molecule has 0 fully saturated rings. The summed E-state index contributed by atoms with van der Waals surface area (Å²) >= 11 is 0. The maximum absolute atomic E-state index is 9.16.